The van der Waals surface area contributed by atoms with Crippen molar-refractivity contribution < 1.29 is 20.4 Å². The van der Waals surface area contributed by atoms with Crippen LogP contribution in [0.2, 0.25) is 0 Å². The Hall–Kier alpha value is -3.78. The van der Waals surface area contributed by atoms with Crippen LogP contribution in [-0.2, 0) is 4.74 Å². The number of carbonyl (C=O) groups excluding carboxylic acids is 1. The van der Waals surface area contributed by atoms with E-state index < -0.39 is 25.2 Å². The summed E-state index contributed by atoms with van der Waals surface area (Å²) < 4.78 is 27.0. The molecule has 36 heavy (non-hydrogen) atoms. The zero-order valence-electron chi connectivity index (χ0n) is 20.0. The van der Waals surface area contributed by atoms with E-state index in [1.807, 2.05) is 85.8 Å². The van der Waals surface area contributed by atoms with Crippen LogP contribution in [0, 0.1) is 0 Å². The fraction of sp³-hybridized carbons (Fsp3) is 0.103. The zero-order valence-corrected chi connectivity index (χ0v) is 22.9. The van der Waals surface area contributed by atoms with Crippen molar-refractivity contribution in [2.24, 2.45) is 4.99 Å². The zero-order chi connectivity index (χ0) is 25.0. The van der Waals surface area contributed by atoms with Crippen LogP contribution in [-0.4, -0.2) is 45.1 Å². The molecule has 0 aliphatic carbocycles. The first-order chi connectivity index (χ1) is 17.6. The SMILES string of the molecule is CCOc1cccc2c1[O][Sn]([c]1ccccc1)([c]1ccccc1)[O]c1cc(C(=O)OC)ccc1N=C2. The predicted molar refractivity (Wildman–Crippen MR) is 142 cm³/mol. The molecule has 0 atom stereocenters. The molecule has 5 rings (SSSR count). The standard InChI is InChI=1S/C17H17NO5.2C6H5.Sn/c1-3-23-15-6-4-5-12(16(15)20)10-18-13-8-7-11(9-14(13)19)17(21)22-2;2*1-2-4-6-5-3-1;/h4-10,19-20H,3H2,1-2H3;2*1-5H;/q;;;+2/p-2. The quantitative estimate of drug-likeness (QED) is 0.252. The number of hydrogen-bond acceptors (Lipinski definition) is 6. The molecular weight excluding hydrogens is 561 g/mol. The Kier molecular flexibility index (Phi) is 6.95. The molecule has 0 amide bonds. The van der Waals surface area contributed by atoms with Gasteiger partial charge >= 0.3 is 216 Å². The second kappa shape index (κ2) is 10.5. The van der Waals surface area contributed by atoms with Crippen molar-refractivity contribution in [3.63, 3.8) is 0 Å². The van der Waals surface area contributed by atoms with E-state index >= 15 is 0 Å². The number of fused-ring (bicyclic) bond motifs is 2. The van der Waals surface area contributed by atoms with Crippen LogP contribution in [0.25, 0.3) is 0 Å². The molecule has 0 N–H and O–H groups in total. The molecule has 180 valence electrons. The van der Waals surface area contributed by atoms with Crippen LogP contribution < -0.4 is 18.0 Å². The first-order valence-electron chi connectivity index (χ1n) is 11.7. The van der Waals surface area contributed by atoms with E-state index in [2.05, 4.69) is 0 Å². The Labute approximate surface area is 215 Å². The number of aliphatic imine (C=N–C) groups is 1. The van der Waals surface area contributed by atoms with Crippen molar-refractivity contribution in [3.8, 4) is 17.2 Å². The molecule has 0 radical (unpaired) electrons. The fourth-order valence-electron chi connectivity index (χ4n) is 4.14. The molecule has 1 aliphatic rings. The Morgan fingerprint density at radius 3 is 2.19 bits per heavy atom. The van der Waals surface area contributed by atoms with Crippen LogP contribution >= 0.6 is 0 Å². The summed E-state index contributed by atoms with van der Waals surface area (Å²) in [4.78, 5) is 17.1. The third-order valence-electron chi connectivity index (χ3n) is 5.84. The average Bonchev–Trinajstić information content (AvgIpc) is 3.00. The molecule has 0 saturated heterocycles. The number of nitrogens with zero attached hydrogens (tertiary/aromatic N) is 1. The minimum atomic E-state index is -4.55. The van der Waals surface area contributed by atoms with E-state index in [0.717, 1.165) is 12.7 Å². The minimum absolute atomic E-state index is 0.375. The van der Waals surface area contributed by atoms with E-state index in [0.29, 0.717) is 35.1 Å². The summed E-state index contributed by atoms with van der Waals surface area (Å²) in [6, 6.07) is 30.9. The summed E-state index contributed by atoms with van der Waals surface area (Å²) in [5.41, 5.74) is 1.75. The van der Waals surface area contributed by atoms with Gasteiger partial charge in [0.1, 0.15) is 0 Å². The molecule has 0 spiro atoms. The summed E-state index contributed by atoms with van der Waals surface area (Å²) in [5, 5.41) is 0. The molecule has 0 aromatic heterocycles. The maximum atomic E-state index is 12.4. The summed E-state index contributed by atoms with van der Waals surface area (Å²) in [6.45, 7) is 2.42. The summed E-state index contributed by atoms with van der Waals surface area (Å²) in [6.07, 6.45) is 1.75. The van der Waals surface area contributed by atoms with Crippen molar-refractivity contribution in [2.45, 2.75) is 6.92 Å². The third kappa shape index (κ3) is 4.56. The molecule has 1 heterocycles. The molecule has 6 nitrogen and oxygen atoms in total. The van der Waals surface area contributed by atoms with E-state index in [4.69, 9.17) is 20.6 Å². The van der Waals surface area contributed by atoms with E-state index in [1.165, 1.54) is 7.11 Å². The predicted octanol–water partition coefficient (Wildman–Crippen LogP) is 4.65. The number of ether oxygens (including phenoxy) is 2. The number of hydrogen-bond donors (Lipinski definition) is 0. The molecule has 0 unspecified atom stereocenters. The number of para-hydroxylation sites is 1. The molecule has 0 bridgehead atoms. The summed E-state index contributed by atoms with van der Waals surface area (Å²) >= 11 is -4.55. The number of carbonyl (C=O) groups is 1. The maximum absolute atomic E-state index is 12.4. The van der Waals surface area contributed by atoms with Crippen molar-refractivity contribution in [1.29, 1.82) is 0 Å². The van der Waals surface area contributed by atoms with Gasteiger partial charge in [0.15, 0.2) is 0 Å². The monoisotopic (exact) mass is 587 g/mol. The second-order valence-electron chi connectivity index (χ2n) is 8.09. The van der Waals surface area contributed by atoms with Gasteiger partial charge in [-0.1, -0.05) is 0 Å². The van der Waals surface area contributed by atoms with Gasteiger partial charge in [-0.3, -0.25) is 0 Å². The molecule has 4 aromatic carbocycles. The van der Waals surface area contributed by atoms with Crippen molar-refractivity contribution >= 4 is 44.2 Å². The van der Waals surface area contributed by atoms with Crippen LogP contribution in [0.3, 0.4) is 0 Å². The molecule has 0 saturated carbocycles. The van der Waals surface area contributed by atoms with Gasteiger partial charge in [-0.15, -0.1) is 0 Å². The van der Waals surface area contributed by atoms with E-state index in [1.54, 1.807) is 24.4 Å². The van der Waals surface area contributed by atoms with Gasteiger partial charge in [-0.05, 0) is 0 Å². The van der Waals surface area contributed by atoms with Crippen LogP contribution in [0.15, 0.2) is 102 Å². The van der Waals surface area contributed by atoms with Crippen molar-refractivity contribution in [3.05, 3.63) is 108 Å². The van der Waals surface area contributed by atoms with Gasteiger partial charge in [0.25, 0.3) is 0 Å². The van der Waals surface area contributed by atoms with Crippen LogP contribution in [0.1, 0.15) is 22.8 Å². The van der Waals surface area contributed by atoms with Crippen LogP contribution in [0.5, 0.6) is 17.2 Å². The number of rotatable bonds is 5. The Morgan fingerprint density at radius 2 is 1.56 bits per heavy atom. The average molecular weight is 586 g/mol. The topological polar surface area (TPSA) is 66.4 Å². The summed E-state index contributed by atoms with van der Waals surface area (Å²) in [7, 11) is 1.36. The second-order valence-corrected chi connectivity index (χ2v) is 16.1. The first kappa shape index (κ1) is 23.9. The van der Waals surface area contributed by atoms with Gasteiger partial charge in [0, 0.05) is 0 Å². The molecule has 0 fully saturated rings. The fourth-order valence-corrected chi connectivity index (χ4v) is 12.9. The van der Waals surface area contributed by atoms with Gasteiger partial charge in [-0.25, -0.2) is 0 Å². The van der Waals surface area contributed by atoms with Gasteiger partial charge < -0.3 is 0 Å². The van der Waals surface area contributed by atoms with E-state index in [-0.39, 0.29) is 0 Å². The molecule has 1 aliphatic heterocycles. The Balaban J connectivity index is 1.83. The van der Waals surface area contributed by atoms with Crippen molar-refractivity contribution in [1.82, 2.24) is 0 Å². The van der Waals surface area contributed by atoms with Gasteiger partial charge in [0.2, 0.25) is 0 Å². The van der Waals surface area contributed by atoms with Crippen LogP contribution in [0.4, 0.5) is 5.69 Å². The molecule has 4 aromatic rings. The Bertz CT molecular complexity index is 1370. The van der Waals surface area contributed by atoms with Gasteiger partial charge in [0.05, 0.1) is 0 Å². The summed E-state index contributed by atoms with van der Waals surface area (Å²) in [5.74, 6) is 1.23. The van der Waals surface area contributed by atoms with E-state index in [9.17, 15) is 4.79 Å². The normalized spacial score (nSPS) is 13.5. The first-order valence-corrected chi connectivity index (χ1v) is 16.8. The Morgan fingerprint density at radius 1 is 0.861 bits per heavy atom. The molecule has 7 heteroatoms. The van der Waals surface area contributed by atoms with Gasteiger partial charge in [-0.2, -0.15) is 0 Å². The number of esters is 1. The number of methoxy groups -OCH3 is 1. The third-order valence-corrected chi connectivity index (χ3v) is 14.9. The molecular formula is C29H25NO5Sn. The number of benzene rings is 4. The van der Waals surface area contributed by atoms with Crippen molar-refractivity contribution in [2.75, 3.05) is 13.7 Å².